The number of ether oxygens (including phenoxy) is 1. The van der Waals surface area contributed by atoms with Gasteiger partial charge in [0.15, 0.2) is 17.3 Å². The molecular weight excluding hydrogens is 220 g/mol. The number of hydrogen-bond acceptors (Lipinski definition) is 4. The molecule has 17 heavy (non-hydrogen) atoms. The summed E-state index contributed by atoms with van der Waals surface area (Å²) in [6, 6.07) is 4.90. The maximum Gasteiger partial charge on any atom is 0.198 e. The summed E-state index contributed by atoms with van der Waals surface area (Å²) in [5.74, 6) is -0.229. The molecule has 1 atom stereocenters. The molecule has 0 amide bonds. The van der Waals surface area contributed by atoms with E-state index in [2.05, 4.69) is 6.58 Å². The van der Waals surface area contributed by atoms with Crippen molar-refractivity contribution in [3.05, 3.63) is 36.4 Å². The van der Waals surface area contributed by atoms with Crippen LogP contribution < -0.4 is 4.74 Å². The number of carbonyl (C=O) groups excluding carboxylic acids is 1. The number of phenolic OH excluding ortho intramolecular Hbond substituents is 1. The Balaban J connectivity index is 2.72. The fourth-order valence-corrected chi connectivity index (χ4v) is 1.24. The van der Waals surface area contributed by atoms with E-state index >= 15 is 0 Å². The normalized spacial score (nSPS) is 11.9. The molecule has 1 aromatic carbocycles. The van der Waals surface area contributed by atoms with Crippen LogP contribution >= 0.6 is 0 Å². The summed E-state index contributed by atoms with van der Waals surface area (Å²) in [6.07, 6.45) is 1.33. The molecule has 0 saturated carbocycles. The van der Waals surface area contributed by atoms with Gasteiger partial charge in [0.2, 0.25) is 0 Å². The summed E-state index contributed by atoms with van der Waals surface area (Å²) in [4.78, 5) is 11.2. The number of benzene rings is 1. The van der Waals surface area contributed by atoms with Crippen molar-refractivity contribution < 1.29 is 19.7 Å². The van der Waals surface area contributed by atoms with Crippen molar-refractivity contribution in [1.82, 2.24) is 0 Å². The van der Waals surface area contributed by atoms with Crippen LogP contribution in [-0.4, -0.2) is 28.7 Å². The maximum absolute atomic E-state index is 11.2. The van der Waals surface area contributed by atoms with Crippen molar-refractivity contribution in [1.29, 1.82) is 0 Å². The number of aliphatic hydroxyl groups excluding tert-OH is 1. The van der Waals surface area contributed by atoms with Crippen molar-refractivity contribution in [2.75, 3.05) is 6.61 Å². The molecule has 0 fully saturated rings. The first-order valence-electron chi connectivity index (χ1n) is 5.31. The molecule has 0 bridgehead atoms. The van der Waals surface area contributed by atoms with E-state index < -0.39 is 11.9 Å². The fraction of sp³-hybridized carbons (Fsp3) is 0.308. The van der Waals surface area contributed by atoms with Crippen LogP contribution in [-0.2, 0) is 11.2 Å². The molecule has 0 saturated heterocycles. The lowest BCUT2D eigenvalue weighted by molar-refractivity contribution is -0.128. The largest absolute Gasteiger partial charge is 0.504 e. The van der Waals surface area contributed by atoms with Gasteiger partial charge in [0.1, 0.15) is 12.7 Å². The molecule has 1 rings (SSSR count). The molecule has 0 aliphatic rings. The minimum Gasteiger partial charge on any atom is -0.504 e. The van der Waals surface area contributed by atoms with E-state index in [1.165, 1.54) is 13.0 Å². The number of hydrogen-bond donors (Lipinski definition) is 2. The van der Waals surface area contributed by atoms with E-state index in [0.717, 1.165) is 5.56 Å². The highest BCUT2D eigenvalue weighted by Gasteiger charge is 2.11. The number of Topliss-reactive ketones (excluding diaryl/α,β-unsaturated/α-hetero) is 1. The van der Waals surface area contributed by atoms with E-state index in [1.807, 2.05) is 0 Å². The number of aromatic hydroxyl groups is 1. The molecule has 0 aliphatic carbocycles. The molecule has 0 spiro atoms. The predicted molar refractivity (Wildman–Crippen MR) is 64.2 cm³/mol. The number of allylic oxidation sites excluding steroid dienone is 1. The summed E-state index contributed by atoms with van der Waals surface area (Å²) < 4.78 is 5.15. The average Bonchev–Trinajstić information content (AvgIpc) is 2.29. The zero-order valence-electron chi connectivity index (χ0n) is 9.72. The highest BCUT2D eigenvalue weighted by molar-refractivity contribution is 5.83. The van der Waals surface area contributed by atoms with Crippen LogP contribution in [0.5, 0.6) is 11.5 Å². The molecule has 0 heterocycles. The van der Waals surface area contributed by atoms with Gasteiger partial charge in [-0.05, 0) is 31.0 Å². The van der Waals surface area contributed by atoms with Gasteiger partial charge in [-0.25, -0.2) is 0 Å². The van der Waals surface area contributed by atoms with Crippen LogP contribution in [0.4, 0.5) is 0 Å². The molecule has 4 nitrogen and oxygen atoms in total. The number of aliphatic hydroxyl groups is 1. The summed E-state index contributed by atoms with van der Waals surface area (Å²) >= 11 is 0. The van der Waals surface area contributed by atoms with Crippen molar-refractivity contribution in [3.63, 3.8) is 0 Å². The molecule has 1 aromatic rings. The van der Waals surface area contributed by atoms with Gasteiger partial charge >= 0.3 is 0 Å². The number of carbonyl (C=O) groups is 1. The second-order valence-corrected chi connectivity index (χ2v) is 3.73. The van der Waals surface area contributed by atoms with E-state index in [-0.39, 0.29) is 18.1 Å². The van der Waals surface area contributed by atoms with E-state index in [4.69, 9.17) is 9.84 Å². The SMILES string of the molecule is C=CCc1ccc(O)c(OCC(=O)C(C)O)c1. The zero-order chi connectivity index (χ0) is 12.8. The Bertz CT molecular complexity index is 410. The minimum absolute atomic E-state index is 0.0313. The third-order valence-electron chi connectivity index (χ3n) is 2.24. The predicted octanol–water partition coefficient (Wildman–Crippen LogP) is 1.45. The fourth-order valence-electron chi connectivity index (χ4n) is 1.24. The number of ketones is 1. The Morgan fingerprint density at radius 1 is 1.59 bits per heavy atom. The smallest absolute Gasteiger partial charge is 0.198 e. The third-order valence-corrected chi connectivity index (χ3v) is 2.24. The molecule has 92 valence electrons. The van der Waals surface area contributed by atoms with Crippen LogP contribution in [0.15, 0.2) is 30.9 Å². The summed E-state index contributed by atoms with van der Waals surface area (Å²) in [5.41, 5.74) is 0.928. The maximum atomic E-state index is 11.2. The van der Waals surface area contributed by atoms with E-state index in [1.54, 1.807) is 18.2 Å². The minimum atomic E-state index is -1.06. The van der Waals surface area contributed by atoms with Gasteiger partial charge in [0.25, 0.3) is 0 Å². The molecule has 0 aliphatic heterocycles. The second kappa shape index (κ2) is 6.06. The number of rotatable bonds is 6. The van der Waals surface area contributed by atoms with Gasteiger partial charge in [-0.15, -0.1) is 6.58 Å². The Kier molecular flexibility index (Phi) is 4.72. The van der Waals surface area contributed by atoms with Gasteiger partial charge < -0.3 is 14.9 Å². The van der Waals surface area contributed by atoms with E-state index in [0.29, 0.717) is 6.42 Å². The van der Waals surface area contributed by atoms with Gasteiger partial charge in [0.05, 0.1) is 0 Å². The lowest BCUT2D eigenvalue weighted by Crippen LogP contribution is -2.23. The summed E-state index contributed by atoms with van der Waals surface area (Å²) in [5, 5.41) is 18.5. The van der Waals surface area contributed by atoms with Crippen molar-refractivity contribution >= 4 is 5.78 Å². The lowest BCUT2D eigenvalue weighted by Gasteiger charge is -2.09. The van der Waals surface area contributed by atoms with Crippen LogP contribution in [0.3, 0.4) is 0 Å². The van der Waals surface area contributed by atoms with Crippen LogP contribution in [0.1, 0.15) is 12.5 Å². The van der Waals surface area contributed by atoms with Crippen LogP contribution in [0.25, 0.3) is 0 Å². The Morgan fingerprint density at radius 3 is 2.88 bits per heavy atom. The average molecular weight is 236 g/mol. The van der Waals surface area contributed by atoms with Crippen molar-refractivity contribution in [2.45, 2.75) is 19.4 Å². The van der Waals surface area contributed by atoms with Gasteiger partial charge in [-0.3, -0.25) is 4.79 Å². The van der Waals surface area contributed by atoms with Crippen LogP contribution in [0, 0.1) is 0 Å². The summed E-state index contributed by atoms with van der Waals surface area (Å²) in [6.45, 7) is 4.73. The Labute approximate surface area is 100 Å². The topological polar surface area (TPSA) is 66.8 Å². The Morgan fingerprint density at radius 2 is 2.29 bits per heavy atom. The molecule has 2 N–H and O–H groups in total. The number of phenols is 1. The second-order valence-electron chi connectivity index (χ2n) is 3.73. The van der Waals surface area contributed by atoms with Crippen LogP contribution in [0.2, 0.25) is 0 Å². The van der Waals surface area contributed by atoms with Crippen molar-refractivity contribution in [2.24, 2.45) is 0 Å². The molecular formula is C13H16O4. The molecule has 0 radical (unpaired) electrons. The van der Waals surface area contributed by atoms with Gasteiger partial charge in [-0.2, -0.15) is 0 Å². The standard InChI is InChI=1S/C13H16O4/c1-3-4-10-5-6-11(15)13(7-10)17-8-12(16)9(2)14/h3,5-7,9,14-15H,1,4,8H2,2H3. The highest BCUT2D eigenvalue weighted by Crippen LogP contribution is 2.27. The van der Waals surface area contributed by atoms with Gasteiger partial charge in [-0.1, -0.05) is 12.1 Å². The zero-order valence-corrected chi connectivity index (χ0v) is 9.72. The van der Waals surface area contributed by atoms with E-state index in [9.17, 15) is 9.90 Å². The van der Waals surface area contributed by atoms with Gasteiger partial charge in [0, 0.05) is 0 Å². The first kappa shape index (κ1) is 13.3. The molecule has 0 aromatic heterocycles. The quantitative estimate of drug-likeness (QED) is 0.734. The highest BCUT2D eigenvalue weighted by atomic mass is 16.5. The summed E-state index contributed by atoms with van der Waals surface area (Å²) in [7, 11) is 0. The lowest BCUT2D eigenvalue weighted by atomic mass is 10.1. The molecule has 1 unspecified atom stereocenters. The first-order valence-corrected chi connectivity index (χ1v) is 5.31. The molecule has 4 heteroatoms. The Hall–Kier alpha value is -1.81. The monoisotopic (exact) mass is 236 g/mol. The third kappa shape index (κ3) is 3.92. The van der Waals surface area contributed by atoms with Crippen molar-refractivity contribution in [3.8, 4) is 11.5 Å². The first-order chi connectivity index (χ1) is 8.04.